The highest BCUT2D eigenvalue weighted by Crippen LogP contribution is 2.47. The maximum Gasteiger partial charge on any atom is 0.248 e. The Morgan fingerprint density at radius 1 is 1.11 bits per heavy atom. The second-order valence-corrected chi connectivity index (χ2v) is 13.8. The van der Waals surface area contributed by atoms with Crippen molar-refractivity contribution in [1.29, 1.82) is 0 Å². The van der Waals surface area contributed by atoms with Crippen LogP contribution in [0.25, 0.3) is 10.2 Å². The third-order valence-electron chi connectivity index (χ3n) is 8.53. The molecule has 0 unspecified atom stereocenters. The maximum atomic E-state index is 14.4. The molecule has 1 saturated heterocycles. The van der Waals surface area contributed by atoms with E-state index < -0.39 is 22.0 Å². The fourth-order valence-electron chi connectivity index (χ4n) is 6.52. The predicted octanol–water partition coefficient (Wildman–Crippen LogP) is 5.75. The number of sulfonamides is 1. The summed E-state index contributed by atoms with van der Waals surface area (Å²) in [5.41, 5.74) is 4.42. The summed E-state index contributed by atoms with van der Waals surface area (Å²) in [5, 5.41) is 0. The molecule has 2 aliphatic carbocycles. The molecule has 202 valence electrons. The zero-order chi connectivity index (χ0) is 26.7. The lowest BCUT2D eigenvalue weighted by atomic mass is 9.89. The molecule has 0 radical (unpaired) electrons. The number of carbonyl (C=O) groups is 1. The predicted molar refractivity (Wildman–Crippen MR) is 142 cm³/mol. The van der Waals surface area contributed by atoms with E-state index in [1.807, 2.05) is 25.1 Å². The van der Waals surface area contributed by atoms with E-state index in [0.29, 0.717) is 6.42 Å². The van der Waals surface area contributed by atoms with Crippen LogP contribution in [0, 0.1) is 12.8 Å². The number of aromatic nitrogens is 1. The molecule has 2 aromatic carbocycles. The normalized spacial score (nSPS) is 25.7. The summed E-state index contributed by atoms with van der Waals surface area (Å²) in [6, 6.07) is 11.2. The van der Waals surface area contributed by atoms with Crippen molar-refractivity contribution in [1.82, 2.24) is 14.2 Å². The van der Waals surface area contributed by atoms with Crippen LogP contribution in [0.15, 0.2) is 52.9 Å². The van der Waals surface area contributed by atoms with E-state index in [9.17, 15) is 22.0 Å². The fraction of sp³-hybridized carbons (Fsp3) is 0.500. The van der Waals surface area contributed by atoms with Crippen LogP contribution in [0.2, 0.25) is 0 Å². The lowest BCUT2D eigenvalue weighted by Crippen LogP contribution is -2.56. The van der Waals surface area contributed by atoms with Gasteiger partial charge in [-0.15, -0.1) is 11.3 Å². The average molecular weight is 560 g/mol. The quantitative estimate of drug-likeness (QED) is 0.386. The largest absolute Gasteiger partial charge is 0.334 e. The molecule has 3 atom stereocenters. The average Bonchev–Trinajstić information content (AvgIpc) is 3.63. The maximum absolute atomic E-state index is 14.4. The highest BCUT2D eigenvalue weighted by molar-refractivity contribution is 7.89. The zero-order valence-corrected chi connectivity index (χ0v) is 22.9. The standard InChI is InChI=1S/C28H31F2N3O3S2/c1-18-2-7-23(8-3-18)38(35,36)33-22-6-5-20(15-22)26(33)27(34)32(21-10-12-28(29,30)13-11-21)16-19-4-9-25-24(14-19)31-17-37-25/h2-4,7-9,14,17,20-22,26H,5-6,10-13,15-16H2,1H3/t20-,22+,26-/m0/s1. The van der Waals surface area contributed by atoms with Crippen LogP contribution < -0.4 is 0 Å². The van der Waals surface area contributed by atoms with Gasteiger partial charge >= 0.3 is 0 Å². The first-order valence-corrected chi connectivity index (χ1v) is 15.5. The van der Waals surface area contributed by atoms with E-state index in [2.05, 4.69) is 4.98 Å². The van der Waals surface area contributed by atoms with E-state index in [4.69, 9.17) is 0 Å². The Kier molecular flexibility index (Phi) is 6.55. The molecule has 38 heavy (non-hydrogen) atoms. The summed E-state index contributed by atoms with van der Waals surface area (Å²) in [4.78, 5) is 20.6. The summed E-state index contributed by atoms with van der Waals surface area (Å²) >= 11 is 1.53. The highest BCUT2D eigenvalue weighted by atomic mass is 32.2. The molecule has 2 bridgehead atoms. The van der Waals surface area contributed by atoms with Gasteiger partial charge in [-0.1, -0.05) is 23.8 Å². The second kappa shape index (κ2) is 9.64. The number of carbonyl (C=O) groups excluding carboxylic acids is 1. The van der Waals surface area contributed by atoms with Crippen LogP contribution in [0.3, 0.4) is 0 Å². The number of halogens is 2. The number of fused-ring (bicyclic) bond motifs is 3. The molecular weight excluding hydrogens is 528 g/mol. The summed E-state index contributed by atoms with van der Waals surface area (Å²) < 4.78 is 58.3. The van der Waals surface area contributed by atoms with Crippen molar-refractivity contribution in [3.8, 4) is 0 Å². The lowest BCUT2D eigenvalue weighted by molar-refractivity contribution is -0.143. The summed E-state index contributed by atoms with van der Waals surface area (Å²) in [7, 11) is -3.90. The fourth-order valence-corrected chi connectivity index (χ4v) is 9.05. The number of alkyl halides is 2. The molecule has 2 heterocycles. The van der Waals surface area contributed by atoms with Gasteiger partial charge in [0.05, 0.1) is 20.6 Å². The van der Waals surface area contributed by atoms with Gasteiger partial charge < -0.3 is 4.90 Å². The van der Waals surface area contributed by atoms with Gasteiger partial charge in [0.25, 0.3) is 0 Å². The number of aryl methyl sites for hydroxylation is 1. The Hall–Kier alpha value is -2.43. The van der Waals surface area contributed by atoms with Crippen molar-refractivity contribution < 1.29 is 22.0 Å². The smallest absolute Gasteiger partial charge is 0.248 e. The summed E-state index contributed by atoms with van der Waals surface area (Å²) in [6.07, 6.45) is 2.04. The van der Waals surface area contributed by atoms with E-state index in [1.54, 1.807) is 34.7 Å². The Labute approximate surface area is 225 Å². The second-order valence-electron chi connectivity index (χ2n) is 11.0. The Morgan fingerprint density at radius 2 is 1.84 bits per heavy atom. The van der Waals surface area contributed by atoms with Gasteiger partial charge in [0.15, 0.2) is 0 Å². The zero-order valence-electron chi connectivity index (χ0n) is 21.2. The monoisotopic (exact) mass is 559 g/mol. The number of piperidine rings is 1. The number of benzene rings is 2. The number of thiazole rings is 1. The number of hydrogen-bond acceptors (Lipinski definition) is 5. The molecule has 6 rings (SSSR count). The lowest BCUT2D eigenvalue weighted by Gasteiger charge is -2.41. The first kappa shape index (κ1) is 25.8. The van der Waals surface area contributed by atoms with Crippen molar-refractivity contribution in [3.05, 3.63) is 59.1 Å². The van der Waals surface area contributed by atoms with Crippen LogP contribution in [0.5, 0.6) is 0 Å². The van der Waals surface area contributed by atoms with E-state index >= 15 is 0 Å². The molecule has 3 fully saturated rings. The van der Waals surface area contributed by atoms with Crippen LogP contribution in [0.1, 0.15) is 56.1 Å². The molecule has 3 aliphatic rings. The number of amides is 1. The third kappa shape index (κ3) is 4.64. The van der Waals surface area contributed by atoms with Gasteiger partial charge in [0.1, 0.15) is 6.04 Å². The molecule has 1 amide bonds. The highest BCUT2D eigenvalue weighted by Gasteiger charge is 2.56. The van der Waals surface area contributed by atoms with Gasteiger partial charge in [0, 0.05) is 31.5 Å². The Morgan fingerprint density at radius 3 is 2.58 bits per heavy atom. The van der Waals surface area contributed by atoms with Crippen molar-refractivity contribution in [2.24, 2.45) is 5.92 Å². The third-order valence-corrected chi connectivity index (χ3v) is 11.3. The molecular formula is C28H31F2N3O3S2. The SMILES string of the molecule is Cc1ccc(S(=O)(=O)N2[C@@H]3CC[C@@H](C3)[C@H]2C(=O)N(Cc2ccc3scnc3c2)C2CCC(F)(F)CC2)cc1. The molecule has 2 saturated carbocycles. The topological polar surface area (TPSA) is 70.6 Å². The number of nitrogens with zero attached hydrogens (tertiary/aromatic N) is 3. The van der Waals surface area contributed by atoms with E-state index in [-0.39, 0.29) is 61.0 Å². The van der Waals surface area contributed by atoms with Crippen LogP contribution >= 0.6 is 11.3 Å². The number of rotatable bonds is 6. The molecule has 3 aromatic rings. The summed E-state index contributed by atoms with van der Waals surface area (Å²) in [5.74, 6) is -3.06. The molecule has 1 aliphatic heterocycles. The van der Waals surface area contributed by atoms with Crippen molar-refractivity contribution in [3.63, 3.8) is 0 Å². The van der Waals surface area contributed by atoms with Gasteiger partial charge in [-0.3, -0.25) is 4.79 Å². The first-order chi connectivity index (χ1) is 18.1. The van der Waals surface area contributed by atoms with E-state index in [0.717, 1.165) is 34.2 Å². The van der Waals surface area contributed by atoms with Crippen molar-refractivity contribution in [2.45, 2.75) is 87.4 Å². The van der Waals surface area contributed by atoms with Gasteiger partial charge in [-0.25, -0.2) is 22.2 Å². The number of hydrogen-bond donors (Lipinski definition) is 0. The molecule has 6 nitrogen and oxygen atoms in total. The minimum atomic E-state index is -3.90. The minimum Gasteiger partial charge on any atom is -0.334 e. The Balaban J connectivity index is 1.35. The molecule has 0 N–H and O–H groups in total. The van der Waals surface area contributed by atoms with Crippen molar-refractivity contribution >= 4 is 37.5 Å². The van der Waals surface area contributed by atoms with Crippen LogP contribution in [-0.4, -0.2) is 52.6 Å². The molecule has 1 aromatic heterocycles. The van der Waals surface area contributed by atoms with Gasteiger partial charge in [0.2, 0.25) is 21.9 Å². The van der Waals surface area contributed by atoms with Crippen LogP contribution in [0.4, 0.5) is 8.78 Å². The molecule has 10 heteroatoms. The minimum absolute atomic E-state index is 0.0683. The van der Waals surface area contributed by atoms with E-state index in [1.165, 1.54) is 15.6 Å². The van der Waals surface area contributed by atoms with Crippen LogP contribution in [-0.2, 0) is 21.4 Å². The first-order valence-electron chi connectivity index (χ1n) is 13.2. The van der Waals surface area contributed by atoms with Crippen molar-refractivity contribution in [2.75, 3.05) is 0 Å². The molecule has 0 spiro atoms. The summed E-state index contributed by atoms with van der Waals surface area (Å²) in [6.45, 7) is 2.14. The Bertz CT molecular complexity index is 1450. The van der Waals surface area contributed by atoms with Gasteiger partial charge in [-0.2, -0.15) is 4.31 Å². The van der Waals surface area contributed by atoms with Gasteiger partial charge in [-0.05, 0) is 74.8 Å².